The zero-order chi connectivity index (χ0) is 32.9. The summed E-state index contributed by atoms with van der Waals surface area (Å²) in [5.74, 6) is -4.75. The zero-order valence-electron chi connectivity index (χ0n) is 23.7. The number of carboxylic acids is 1. The largest absolute Gasteiger partial charge is 0.477 e. The molecular formula is C30H21F3N6O7. The van der Waals surface area contributed by atoms with E-state index in [4.69, 9.17) is 4.52 Å². The smallest absolute Gasteiger partial charge is 0.341 e. The number of amides is 1. The average molecular weight is 635 g/mol. The SMILES string of the molecule is Cc1onc(-c2c(F)cccc2F)c1C(=O)N1CCN(c2nc3c(cc2[N+](=O)[O-])c(=O)c(C(=O)O)cn3-c2ccc(F)cc2)CC1. The van der Waals surface area contributed by atoms with Crippen LogP contribution in [0, 0.1) is 34.5 Å². The number of anilines is 1. The van der Waals surface area contributed by atoms with Gasteiger partial charge >= 0.3 is 11.7 Å². The molecule has 5 aromatic rings. The maximum Gasteiger partial charge on any atom is 0.341 e. The molecule has 1 saturated heterocycles. The number of hydrogen-bond acceptors (Lipinski definition) is 9. The molecule has 3 aromatic heterocycles. The number of carbonyl (C=O) groups is 2. The minimum atomic E-state index is -1.57. The van der Waals surface area contributed by atoms with Gasteiger partial charge in [-0.05, 0) is 43.3 Å². The van der Waals surface area contributed by atoms with Gasteiger partial charge in [-0.25, -0.2) is 22.9 Å². The van der Waals surface area contributed by atoms with Crippen LogP contribution in [0.2, 0.25) is 0 Å². The Kier molecular flexibility index (Phi) is 7.47. The first kappa shape index (κ1) is 30.0. The maximum absolute atomic E-state index is 14.5. The summed E-state index contributed by atoms with van der Waals surface area (Å²) in [5, 5.41) is 25.2. The molecule has 13 nitrogen and oxygen atoms in total. The number of rotatable bonds is 6. The lowest BCUT2D eigenvalue weighted by atomic mass is 10.0. The van der Waals surface area contributed by atoms with E-state index in [0.717, 1.165) is 36.5 Å². The molecule has 46 heavy (non-hydrogen) atoms. The van der Waals surface area contributed by atoms with Crippen LogP contribution >= 0.6 is 0 Å². The Morgan fingerprint density at radius 2 is 1.67 bits per heavy atom. The molecule has 1 fully saturated rings. The molecule has 234 valence electrons. The van der Waals surface area contributed by atoms with Crippen molar-refractivity contribution in [3.8, 4) is 16.9 Å². The van der Waals surface area contributed by atoms with Crippen LogP contribution in [-0.2, 0) is 0 Å². The highest BCUT2D eigenvalue weighted by atomic mass is 19.1. The number of piperazine rings is 1. The van der Waals surface area contributed by atoms with Gasteiger partial charge in [0, 0.05) is 44.1 Å². The molecule has 1 aliphatic rings. The van der Waals surface area contributed by atoms with Gasteiger partial charge in [-0.2, -0.15) is 0 Å². The normalized spacial score (nSPS) is 13.3. The Labute approximate surface area is 255 Å². The molecule has 0 aliphatic carbocycles. The molecule has 1 amide bonds. The first-order chi connectivity index (χ1) is 22.0. The van der Waals surface area contributed by atoms with Gasteiger partial charge in [0.15, 0.2) is 5.65 Å². The minimum Gasteiger partial charge on any atom is -0.477 e. The van der Waals surface area contributed by atoms with Crippen LogP contribution in [0.3, 0.4) is 0 Å². The summed E-state index contributed by atoms with van der Waals surface area (Å²) < 4.78 is 49.1. The van der Waals surface area contributed by atoms with E-state index in [-0.39, 0.29) is 65.7 Å². The lowest BCUT2D eigenvalue weighted by molar-refractivity contribution is -0.384. The van der Waals surface area contributed by atoms with Gasteiger partial charge in [0.05, 0.1) is 15.9 Å². The van der Waals surface area contributed by atoms with Gasteiger partial charge in [0.25, 0.3) is 5.91 Å². The Morgan fingerprint density at radius 3 is 2.28 bits per heavy atom. The van der Waals surface area contributed by atoms with Crippen molar-refractivity contribution in [1.29, 1.82) is 0 Å². The van der Waals surface area contributed by atoms with E-state index in [0.29, 0.717) is 0 Å². The number of aromatic nitrogens is 3. The van der Waals surface area contributed by atoms with E-state index >= 15 is 0 Å². The van der Waals surface area contributed by atoms with E-state index < -0.39 is 56.5 Å². The lowest BCUT2D eigenvalue weighted by Crippen LogP contribution is -2.49. The third kappa shape index (κ3) is 5.08. The Bertz CT molecular complexity index is 2100. The minimum absolute atomic E-state index is 0.00222. The maximum atomic E-state index is 14.5. The van der Waals surface area contributed by atoms with Gasteiger partial charge < -0.3 is 24.0 Å². The second-order valence-electron chi connectivity index (χ2n) is 10.3. The Balaban J connectivity index is 1.37. The van der Waals surface area contributed by atoms with Crippen LogP contribution in [0.5, 0.6) is 0 Å². The van der Waals surface area contributed by atoms with Crippen molar-refractivity contribution in [3.63, 3.8) is 0 Å². The molecule has 0 radical (unpaired) electrons. The molecule has 0 bridgehead atoms. The number of nitro groups is 1. The number of carbonyl (C=O) groups excluding carboxylic acids is 1. The highest BCUT2D eigenvalue weighted by Gasteiger charge is 2.33. The first-order valence-electron chi connectivity index (χ1n) is 13.6. The number of carboxylic acid groups (broad SMARTS) is 1. The number of halogens is 3. The molecule has 4 heterocycles. The average Bonchev–Trinajstić information content (AvgIpc) is 3.41. The fourth-order valence-electron chi connectivity index (χ4n) is 5.34. The molecule has 0 spiro atoms. The molecule has 1 N–H and O–H groups in total. The summed E-state index contributed by atoms with van der Waals surface area (Å²) in [6, 6.07) is 9.05. The summed E-state index contributed by atoms with van der Waals surface area (Å²) in [6.07, 6.45) is 1.01. The number of aryl methyl sites for hydroxylation is 1. The molecule has 0 saturated carbocycles. The van der Waals surface area contributed by atoms with Crippen LogP contribution in [0.4, 0.5) is 24.7 Å². The number of fused-ring (bicyclic) bond motifs is 1. The Morgan fingerprint density at radius 1 is 1.02 bits per heavy atom. The molecule has 0 atom stereocenters. The summed E-state index contributed by atoms with van der Waals surface area (Å²) in [4.78, 5) is 57.2. The third-order valence-electron chi connectivity index (χ3n) is 7.61. The van der Waals surface area contributed by atoms with E-state index in [1.165, 1.54) is 39.5 Å². The summed E-state index contributed by atoms with van der Waals surface area (Å²) in [6.45, 7) is 1.47. The third-order valence-corrected chi connectivity index (χ3v) is 7.61. The van der Waals surface area contributed by atoms with E-state index in [2.05, 4.69) is 10.1 Å². The first-order valence-corrected chi connectivity index (χ1v) is 13.6. The van der Waals surface area contributed by atoms with Crippen LogP contribution in [0.25, 0.3) is 28.0 Å². The fourth-order valence-corrected chi connectivity index (χ4v) is 5.34. The van der Waals surface area contributed by atoms with Crippen molar-refractivity contribution in [1.82, 2.24) is 19.6 Å². The van der Waals surface area contributed by atoms with Crippen molar-refractivity contribution in [2.75, 3.05) is 31.1 Å². The fraction of sp³-hybridized carbons (Fsp3) is 0.167. The summed E-state index contributed by atoms with van der Waals surface area (Å²) >= 11 is 0. The number of benzene rings is 2. The standard InChI is InChI=1S/C30H21F3N6O7/c1-15-23(25(35-46-15)24-20(32)3-2-4-21(24)33)29(41)37-11-9-36(10-12-37)28-22(39(44)45)13-18-26(40)19(30(42)43)14-38(27(18)34-28)17-7-5-16(31)6-8-17/h2-8,13-14H,9-12H2,1H3,(H,42,43). The number of pyridine rings is 2. The van der Waals surface area contributed by atoms with Gasteiger partial charge in [-0.3, -0.25) is 19.7 Å². The monoisotopic (exact) mass is 634 g/mol. The van der Waals surface area contributed by atoms with Gasteiger partial charge in [0.2, 0.25) is 11.2 Å². The predicted octanol–water partition coefficient (Wildman–Crippen LogP) is 4.34. The molecule has 1 aliphatic heterocycles. The second kappa shape index (κ2) is 11.5. The predicted molar refractivity (Wildman–Crippen MR) is 156 cm³/mol. The highest BCUT2D eigenvalue weighted by molar-refractivity contribution is 6.01. The number of nitrogens with zero attached hydrogens (tertiary/aromatic N) is 6. The Hall–Kier alpha value is -6.06. The molecular weight excluding hydrogens is 613 g/mol. The summed E-state index contributed by atoms with van der Waals surface area (Å²) in [7, 11) is 0. The van der Waals surface area contributed by atoms with E-state index in [9.17, 15) is 42.8 Å². The van der Waals surface area contributed by atoms with Crippen molar-refractivity contribution in [2.45, 2.75) is 6.92 Å². The van der Waals surface area contributed by atoms with Gasteiger partial charge in [-0.15, -0.1) is 0 Å². The van der Waals surface area contributed by atoms with Gasteiger partial charge in [-0.1, -0.05) is 11.2 Å². The quantitative estimate of drug-likeness (QED) is 0.210. The van der Waals surface area contributed by atoms with Gasteiger partial charge in [0.1, 0.15) is 40.0 Å². The van der Waals surface area contributed by atoms with Crippen LogP contribution < -0.4 is 10.3 Å². The second-order valence-corrected chi connectivity index (χ2v) is 10.3. The van der Waals surface area contributed by atoms with Crippen molar-refractivity contribution in [2.24, 2.45) is 0 Å². The lowest BCUT2D eigenvalue weighted by Gasteiger charge is -2.35. The van der Waals surface area contributed by atoms with Crippen molar-refractivity contribution in [3.05, 3.63) is 109 Å². The molecule has 2 aromatic carbocycles. The molecule has 0 unspecified atom stereocenters. The van der Waals surface area contributed by atoms with Crippen LogP contribution in [0.1, 0.15) is 26.5 Å². The molecule has 16 heteroatoms. The van der Waals surface area contributed by atoms with E-state index in [1.807, 2.05) is 0 Å². The molecule has 6 rings (SSSR count). The van der Waals surface area contributed by atoms with Crippen LogP contribution in [-0.4, -0.2) is 67.7 Å². The summed E-state index contributed by atoms with van der Waals surface area (Å²) in [5.41, 5.74) is -3.08. The van der Waals surface area contributed by atoms with Crippen LogP contribution in [0.15, 0.2) is 64.0 Å². The van der Waals surface area contributed by atoms with E-state index in [1.54, 1.807) is 0 Å². The highest BCUT2D eigenvalue weighted by Crippen LogP contribution is 2.33. The number of hydrogen-bond donors (Lipinski definition) is 1. The van der Waals surface area contributed by atoms with Crippen molar-refractivity contribution >= 4 is 34.4 Å². The topological polar surface area (TPSA) is 165 Å². The zero-order valence-corrected chi connectivity index (χ0v) is 23.7. The number of aromatic carboxylic acids is 1. The van der Waals surface area contributed by atoms with Crippen molar-refractivity contribution < 1.29 is 37.3 Å².